The molecule has 0 N–H and O–H groups in total. The van der Waals surface area contributed by atoms with Crippen molar-refractivity contribution in [2.75, 3.05) is 0 Å². The first-order chi connectivity index (χ1) is 13.4. The molecule has 0 aliphatic heterocycles. The normalized spacial score (nSPS) is 29.4. The van der Waals surface area contributed by atoms with Gasteiger partial charge in [-0.05, 0) is 77.0 Å². The molecule has 1 aromatic heterocycles. The third-order valence-corrected chi connectivity index (χ3v) is 7.37. The third-order valence-electron chi connectivity index (χ3n) is 7.37. The molecule has 0 radical (unpaired) electrons. The van der Waals surface area contributed by atoms with Gasteiger partial charge in [0, 0.05) is 24.6 Å². The van der Waals surface area contributed by atoms with Gasteiger partial charge in [-0.15, -0.1) is 0 Å². The van der Waals surface area contributed by atoms with Gasteiger partial charge in [0.1, 0.15) is 5.75 Å². The number of nitrogens with zero attached hydrogens (tertiary/aromatic N) is 1. The zero-order valence-electron chi connectivity index (χ0n) is 19.0. The molecule has 0 saturated heterocycles. The van der Waals surface area contributed by atoms with E-state index in [1.807, 2.05) is 18.2 Å². The molecule has 2 aliphatic rings. The Labute approximate surface area is 175 Å². The van der Waals surface area contributed by atoms with Crippen molar-refractivity contribution in [2.24, 2.45) is 34.5 Å². The van der Waals surface area contributed by atoms with Crippen molar-refractivity contribution in [3.05, 3.63) is 36.0 Å². The Morgan fingerprint density at radius 1 is 1.00 bits per heavy atom. The van der Waals surface area contributed by atoms with Crippen molar-refractivity contribution in [1.82, 2.24) is 4.98 Å². The van der Waals surface area contributed by atoms with Crippen molar-refractivity contribution >= 4 is 16.9 Å². The number of carbonyl (C=O) groups excluding carboxylic acids is 1. The molecule has 2 aromatic rings. The molecule has 5 unspecified atom stereocenters. The number of hydrogen-bond donors (Lipinski definition) is 0. The summed E-state index contributed by atoms with van der Waals surface area (Å²) < 4.78 is 5.21. The Morgan fingerprint density at radius 3 is 2.31 bits per heavy atom. The van der Waals surface area contributed by atoms with E-state index in [2.05, 4.69) is 53.8 Å². The molecule has 0 amide bonds. The maximum absolute atomic E-state index is 11.2. The molecule has 156 valence electrons. The Kier molecular flexibility index (Phi) is 4.79. The summed E-state index contributed by atoms with van der Waals surface area (Å²) in [6, 6.07) is 8.06. The smallest absolute Gasteiger partial charge is 0.308 e. The molecular formula is C26H35NO2. The van der Waals surface area contributed by atoms with E-state index < -0.39 is 0 Å². The van der Waals surface area contributed by atoms with Crippen molar-refractivity contribution in [1.29, 1.82) is 0 Å². The Morgan fingerprint density at radius 2 is 1.69 bits per heavy atom. The Bertz CT molecular complexity index is 934. The molecular weight excluding hydrogens is 358 g/mol. The molecule has 0 spiro atoms. The van der Waals surface area contributed by atoms with E-state index in [9.17, 15) is 4.79 Å². The lowest BCUT2D eigenvalue weighted by Crippen LogP contribution is -2.42. The number of rotatable bonds is 2. The lowest BCUT2D eigenvalue weighted by atomic mass is 9.56. The molecule has 29 heavy (non-hydrogen) atoms. The van der Waals surface area contributed by atoms with Crippen molar-refractivity contribution in [3.63, 3.8) is 0 Å². The number of hydrogen-bond acceptors (Lipinski definition) is 3. The first kappa shape index (κ1) is 20.4. The van der Waals surface area contributed by atoms with Crippen LogP contribution in [0.2, 0.25) is 0 Å². The topological polar surface area (TPSA) is 39.2 Å². The molecule has 2 bridgehead atoms. The van der Waals surface area contributed by atoms with Crippen LogP contribution in [0.5, 0.6) is 5.75 Å². The van der Waals surface area contributed by atoms with Crippen molar-refractivity contribution in [2.45, 2.75) is 67.2 Å². The summed E-state index contributed by atoms with van der Waals surface area (Å²) in [6.07, 6.45) is 4.72. The molecule has 3 heteroatoms. The predicted octanol–water partition coefficient (Wildman–Crippen LogP) is 6.61. The van der Waals surface area contributed by atoms with E-state index in [4.69, 9.17) is 9.72 Å². The van der Waals surface area contributed by atoms with Crippen molar-refractivity contribution in [3.8, 4) is 5.75 Å². The first-order valence-corrected chi connectivity index (χ1v) is 11.0. The zero-order chi connectivity index (χ0) is 21.1. The minimum absolute atomic E-state index is 0.301. The molecule has 1 heterocycles. The summed E-state index contributed by atoms with van der Waals surface area (Å²) >= 11 is 0. The summed E-state index contributed by atoms with van der Waals surface area (Å²) in [6.45, 7) is 16.0. The number of pyridine rings is 1. The van der Waals surface area contributed by atoms with Crippen LogP contribution >= 0.6 is 0 Å². The molecule has 3 nitrogen and oxygen atoms in total. The van der Waals surface area contributed by atoms with Gasteiger partial charge >= 0.3 is 5.97 Å². The maximum Gasteiger partial charge on any atom is 0.308 e. The number of aromatic nitrogens is 1. The van der Waals surface area contributed by atoms with E-state index in [1.165, 1.54) is 25.3 Å². The van der Waals surface area contributed by atoms with Crippen LogP contribution in [0, 0.1) is 34.5 Å². The summed E-state index contributed by atoms with van der Waals surface area (Å²) in [7, 11) is 0. The second kappa shape index (κ2) is 6.82. The van der Waals surface area contributed by atoms with Gasteiger partial charge in [-0.1, -0.05) is 41.5 Å². The Hall–Kier alpha value is -1.90. The average molecular weight is 394 g/mol. The van der Waals surface area contributed by atoms with Gasteiger partial charge in [0.25, 0.3) is 0 Å². The van der Waals surface area contributed by atoms with Gasteiger partial charge in [-0.3, -0.25) is 9.78 Å². The molecule has 4 rings (SSSR count). The lowest BCUT2D eigenvalue weighted by Gasteiger charge is -2.48. The molecule has 1 aromatic carbocycles. The van der Waals surface area contributed by atoms with Crippen LogP contribution in [0.4, 0.5) is 0 Å². The largest absolute Gasteiger partial charge is 0.427 e. The van der Waals surface area contributed by atoms with Gasteiger partial charge in [0.2, 0.25) is 0 Å². The van der Waals surface area contributed by atoms with E-state index >= 15 is 0 Å². The van der Waals surface area contributed by atoms with Gasteiger partial charge < -0.3 is 4.74 Å². The monoisotopic (exact) mass is 393 g/mol. The van der Waals surface area contributed by atoms with Crippen LogP contribution in [-0.4, -0.2) is 11.0 Å². The van der Waals surface area contributed by atoms with E-state index in [0.717, 1.165) is 34.6 Å². The second-order valence-corrected chi connectivity index (χ2v) is 11.5. The van der Waals surface area contributed by atoms with E-state index in [0.29, 0.717) is 22.5 Å². The summed E-state index contributed by atoms with van der Waals surface area (Å²) in [5, 5.41) is 1.13. The molecule has 5 atom stereocenters. The first-order valence-electron chi connectivity index (χ1n) is 11.0. The summed E-state index contributed by atoms with van der Waals surface area (Å²) in [4.78, 5) is 16.0. The minimum atomic E-state index is -0.301. The van der Waals surface area contributed by atoms with Crippen molar-refractivity contribution < 1.29 is 9.53 Å². The highest BCUT2D eigenvalue weighted by atomic mass is 16.5. The SMILES string of the molecule is CC(=O)Oc1ccc2cc(C3CC4CC3C(C(C)(C)C)C4C(C)(C)C)cnc2c1. The fourth-order valence-electron chi connectivity index (χ4n) is 6.72. The number of esters is 1. The number of carbonyl (C=O) groups is 1. The number of fused-ring (bicyclic) bond motifs is 3. The van der Waals surface area contributed by atoms with E-state index in [-0.39, 0.29) is 5.97 Å². The van der Waals surface area contributed by atoms with Crippen LogP contribution in [0.25, 0.3) is 10.9 Å². The average Bonchev–Trinajstić information content (AvgIpc) is 3.18. The van der Waals surface area contributed by atoms with Crippen LogP contribution in [0.3, 0.4) is 0 Å². The van der Waals surface area contributed by atoms with E-state index in [1.54, 1.807) is 0 Å². The quantitative estimate of drug-likeness (QED) is 0.426. The van der Waals surface area contributed by atoms with Crippen LogP contribution in [0.1, 0.15) is 72.8 Å². The molecule has 2 saturated carbocycles. The van der Waals surface area contributed by atoms with Gasteiger partial charge in [-0.25, -0.2) is 0 Å². The van der Waals surface area contributed by atoms with Crippen LogP contribution in [0.15, 0.2) is 30.5 Å². The maximum atomic E-state index is 11.2. The lowest BCUT2D eigenvalue weighted by molar-refractivity contribution is -0.131. The fraction of sp³-hybridized carbons (Fsp3) is 0.615. The summed E-state index contributed by atoms with van der Waals surface area (Å²) in [5.74, 6) is 3.96. The minimum Gasteiger partial charge on any atom is -0.427 e. The standard InChI is InChI=1S/C26H35NO2/c1-15(28)29-19-9-8-16-10-18(14-27-22(16)13-19)20-11-17-12-21(20)24(26(5,6)7)23(17)25(2,3)4/h8-10,13-14,17,20-21,23-24H,11-12H2,1-7H3. The van der Waals surface area contributed by atoms with Crippen LogP contribution < -0.4 is 4.74 Å². The molecule has 2 aliphatic carbocycles. The zero-order valence-corrected chi connectivity index (χ0v) is 19.0. The summed E-state index contributed by atoms with van der Waals surface area (Å²) in [5.41, 5.74) is 2.94. The fourth-order valence-corrected chi connectivity index (χ4v) is 6.72. The highest BCUT2D eigenvalue weighted by molar-refractivity contribution is 5.81. The third kappa shape index (κ3) is 3.69. The van der Waals surface area contributed by atoms with Gasteiger partial charge in [-0.2, -0.15) is 0 Å². The number of benzene rings is 1. The highest BCUT2D eigenvalue weighted by Gasteiger charge is 2.58. The van der Waals surface area contributed by atoms with Gasteiger partial charge in [0.05, 0.1) is 5.52 Å². The molecule has 2 fully saturated rings. The van der Waals surface area contributed by atoms with Crippen LogP contribution in [-0.2, 0) is 4.79 Å². The Balaban J connectivity index is 1.66. The highest BCUT2D eigenvalue weighted by Crippen LogP contribution is 2.66. The second-order valence-electron chi connectivity index (χ2n) is 11.5. The number of ether oxygens (including phenoxy) is 1. The van der Waals surface area contributed by atoms with Gasteiger partial charge in [0.15, 0.2) is 0 Å². The predicted molar refractivity (Wildman–Crippen MR) is 118 cm³/mol.